The fourth-order valence-corrected chi connectivity index (χ4v) is 2.98. The molecule has 2 N–H and O–H groups in total. The summed E-state index contributed by atoms with van der Waals surface area (Å²) in [6.07, 6.45) is 6.77. The summed E-state index contributed by atoms with van der Waals surface area (Å²) in [4.78, 5) is 14.8. The van der Waals surface area contributed by atoms with Gasteiger partial charge in [-0.05, 0) is 31.4 Å². The number of hydrogen-bond acceptors (Lipinski definition) is 3. The van der Waals surface area contributed by atoms with E-state index in [2.05, 4.69) is 57.5 Å². The number of rotatable bonds is 8. The van der Waals surface area contributed by atoms with Gasteiger partial charge in [0.05, 0.1) is 24.6 Å². The van der Waals surface area contributed by atoms with Crippen LogP contribution in [0.4, 0.5) is 0 Å². The maximum Gasteiger partial charge on any atom is 0.194 e. The number of imidazole rings is 1. The third-order valence-electron chi connectivity index (χ3n) is 4.37. The predicted octanol–water partition coefficient (Wildman–Crippen LogP) is 3.07. The van der Waals surface area contributed by atoms with Crippen LogP contribution in [0.2, 0.25) is 0 Å². The van der Waals surface area contributed by atoms with Crippen molar-refractivity contribution in [2.24, 2.45) is 4.99 Å². The van der Waals surface area contributed by atoms with Gasteiger partial charge in [0, 0.05) is 32.9 Å². The van der Waals surface area contributed by atoms with Crippen LogP contribution in [0.5, 0.6) is 0 Å². The van der Waals surface area contributed by atoms with Crippen molar-refractivity contribution >= 4 is 5.96 Å². The normalized spacial score (nSPS) is 11.6. The molecule has 0 bridgehead atoms. The molecule has 0 aliphatic carbocycles. The Kier molecular flexibility index (Phi) is 6.84. The Morgan fingerprint density at radius 3 is 2.79 bits per heavy atom. The highest BCUT2D eigenvalue weighted by Crippen LogP contribution is 2.16. The molecule has 7 nitrogen and oxygen atoms in total. The van der Waals surface area contributed by atoms with Gasteiger partial charge in [-0.2, -0.15) is 5.10 Å². The molecule has 0 spiro atoms. The van der Waals surface area contributed by atoms with Gasteiger partial charge in [-0.25, -0.2) is 4.98 Å². The minimum atomic E-state index is 0.664. The minimum Gasteiger partial charge on any atom is -0.357 e. The fourth-order valence-electron chi connectivity index (χ4n) is 2.98. The number of guanidine groups is 1. The van der Waals surface area contributed by atoms with Crippen molar-refractivity contribution in [3.8, 4) is 11.3 Å². The predicted molar refractivity (Wildman–Crippen MR) is 113 cm³/mol. The summed E-state index contributed by atoms with van der Waals surface area (Å²) in [5.41, 5.74) is 3.35. The molecule has 148 valence electrons. The van der Waals surface area contributed by atoms with Gasteiger partial charge in [0.2, 0.25) is 0 Å². The van der Waals surface area contributed by atoms with Gasteiger partial charge in [0.25, 0.3) is 0 Å². The van der Waals surface area contributed by atoms with Crippen LogP contribution in [-0.2, 0) is 13.1 Å². The molecule has 3 aromatic rings. The number of aromatic nitrogens is 4. The summed E-state index contributed by atoms with van der Waals surface area (Å²) in [7, 11) is 2.03. The summed E-state index contributed by atoms with van der Waals surface area (Å²) in [5, 5.41) is 7.67. The lowest BCUT2D eigenvalue weighted by atomic mass is 10.2. The standard InChI is InChI=1S/C21H29N7/c1-4-22-21(23-11-8-12-28-15-17(2)13-25-28)27(3)16-20-24-14-19(26-20)18-9-6-5-7-10-18/h5-7,9-10,13-15H,4,8,11-12,16H2,1-3H3,(H,22,23)(H,24,26). The minimum absolute atomic E-state index is 0.664. The average molecular weight is 380 g/mol. The maximum absolute atomic E-state index is 4.75. The van der Waals surface area contributed by atoms with E-state index in [9.17, 15) is 0 Å². The molecule has 0 amide bonds. The molecule has 2 heterocycles. The van der Waals surface area contributed by atoms with Gasteiger partial charge in [-0.1, -0.05) is 30.3 Å². The maximum atomic E-state index is 4.75. The largest absolute Gasteiger partial charge is 0.357 e. The van der Waals surface area contributed by atoms with E-state index in [-0.39, 0.29) is 0 Å². The van der Waals surface area contributed by atoms with Gasteiger partial charge in [-0.15, -0.1) is 0 Å². The molecule has 3 rings (SSSR count). The number of nitrogens with one attached hydrogen (secondary N) is 2. The summed E-state index contributed by atoms with van der Waals surface area (Å²) in [6, 6.07) is 10.2. The third-order valence-corrected chi connectivity index (χ3v) is 4.37. The number of aromatic amines is 1. The van der Waals surface area contributed by atoms with Crippen LogP contribution in [-0.4, -0.2) is 50.7 Å². The highest BCUT2D eigenvalue weighted by molar-refractivity contribution is 5.79. The van der Waals surface area contributed by atoms with Crippen LogP contribution < -0.4 is 5.32 Å². The smallest absolute Gasteiger partial charge is 0.194 e. The molecular weight excluding hydrogens is 350 g/mol. The third kappa shape index (κ3) is 5.45. The van der Waals surface area contributed by atoms with Crippen molar-refractivity contribution in [2.75, 3.05) is 20.1 Å². The van der Waals surface area contributed by atoms with Crippen molar-refractivity contribution in [2.45, 2.75) is 33.4 Å². The zero-order valence-corrected chi connectivity index (χ0v) is 16.9. The molecule has 2 aromatic heterocycles. The summed E-state index contributed by atoms with van der Waals surface area (Å²) >= 11 is 0. The Morgan fingerprint density at radius 1 is 1.25 bits per heavy atom. The molecule has 0 radical (unpaired) electrons. The Hall–Kier alpha value is -3.09. The first-order valence-electron chi connectivity index (χ1n) is 9.73. The Labute approximate surface area is 166 Å². The Bertz CT molecular complexity index is 879. The van der Waals surface area contributed by atoms with Crippen LogP contribution in [0, 0.1) is 6.92 Å². The number of H-pyrrole nitrogens is 1. The van der Waals surface area contributed by atoms with E-state index in [1.54, 1.807) is 0 Å². The van der Waals surface area contributed by atoms with Crippen molar-refractivity contribution in [1.82, 2.24) is 30.0 Å². The lowest BCUT2D eigenvalue weighted by molar-refractivity contribution is 0.462. The topological polar surface area (TPSA) is 74.1 Å². The molecule has 28 heavy (non-hydrogen) atoms. The average Bonchev–Trinajstić information content (AvgIpc) is 3.34. The zero-order chi connectivity index (χ0) is 19.8. The van der Waals surface area contributed by atoms with Crippen LogP contribution in [0.1, 0.15) is 24.7 Å². The van der Waals surface area contributed by atoms with Crippen LogP contribution >= 0.6 is 0 Å². The van der Waals surface area contributed by atoms with E-state index in [1.807, 2.05) is 42.3 Å². The van der Waals surface area contributed by atoms with Gasteiger partial charge in [0.1, 0.15) is 5.82 Å². The highest BCUT2D eigenvalue weighted by Gasteiger charge is 2.09. The molecule has 0 fully saturated rings. The Balaban J connectivity index is 1.56. The molecule has 0 atom stereocenters. The van der Waals surface area contributed by atoms with Gasteiger partial charge in [0.15, 0.2) is 5.96 Å². The quantitative estimate of drug-likeness (QED) is 0.358. The highest BCUT2D eigenvalue weighted by atomic mass is 15.3. The summed E-state index contributed by atoms with van der Waals surface area (Å²) in [5.74, 6) is 1.80. The number of aryl methyl sites for hydroxylation is 2. The molecule has 7 heteroatoms. The SMILES string of the molecule is CCNC(=NCCCn1cc(C)cn1)N(C)Cc1ncc(-c2ccccc2)[nH]1. The number of nitrogens with zero attached hydrogens (tertiary/aromatic N) is 5. The number of hydrogen-bond donors (Lipinski definition) is 2. The molecule has 0 aliphatic rings. The van der Waals surface area contributed by atoms with Gasteiger partial charge in [-0.3, -0.25) is 9.67 Å². The van der Waals surface area contributed by atoms with E-state index in [0.29, 0.717) is 6.54 Å². The molecule has 0 aliphatic heterocycles. The zero-order valence-electron chi connectivity index (χ0n) is 16.9. The van der Waals surface area contributed by atoms with Crippen LogP contribution in [0.15, 0.2) is 53.9 Å². The monoisotopic (exact) mass is 379 g/mol. The second-order valence-electron chi connectivity index (χ2n) is 6.84. The van der Waals surface area contributed by atoms with Gasteiger partial charge >= 0.3 is 0 Å². The first-order chi connectivity index (χ1) is 13.7. The van der Waals surface area contributed by atoms with E-state index in [0.717, 1.165) is 49.1 Å². The van der Waals surface area contributed by atoms with Crippen molar-refractivity contribution in [3.05, 3.63) is 60.3 Å². The van der Waals surface area contributed by atoms with Crippen molar-refractivity contribution in [1.29, 1.82) is 0 Å². The molecular formula is C21H29N7. The summed E-state index contributed by atoms with van der Waals surface area (Å²) in [6.45, 7) is 7.25. The van der Waals surface area contributed by atoms with E-state index < -0.39 is 0 Å². The second-order valence-corrected chi connectivity index (χ2v) is 6.84. The molecule has 0 unspecified atom stereocenters. The van der Waals surface area contributed by atoms with Crippen LogP contribution in [0.3, 0.4) is 0 Å². The van der Waals surface area contributed by atoms with Gasteiger partial charge < -0.3 is 15.2 Å². The van der Waals surface area contributed by atoms with E-state index >= 15 is 0 Å². The van der Waals surface area contributed by atoms with E-state index in [1.165, 1.54) is 5.56 Å². The van der Waals surface area contributed by atoms with E-state index in [4.69, 9.17) is 4.99 Å². The number of aliphatic imine (C=N–C) groups is 1. The van der Waals surface area contributed by atoms with Crippen LogP contribution in [0.25, 0.3) is 11.3 Å². The lowest BCUT2D eigenvalue weighted by Gasteiger charge is -2.21. The molecule has 0 saturated heterocycles. The molecule has 1 aromatic carbocycles. The molecule has 0 saturated carbocycles. The fraction of sp³-hybridized carbons (Fsp3) is 0.381. The second kappa shape index (κ2) is 9.73. The summed E-state index contributed by atoms with van der Waals surface area (Å²) < 4.78 is 1.97. The van der Waals surface area contributed by atoms with Crippen molar-refractivity contribution in [3.63, 3.8) is 0 Å². The first kappa shape index (κ1) is 19.7. The lowest BCUT2D eigenvalue weighted by Crippen LogP contribution is -2.38. The number of benzene rings is 1. The first-order valence-corrected chi connectivity index (χ1v) is 9.73. The van der Waals surface area contributed by atoms with Crippen molar-refractivity contribution < 1.29 is 0 Å². The Morgan fingerprint density at radius 2 is 2.07 bits per heavy atom.